The maximum Gasteiger partial charge on any atom is 0.255 e. The van der Waals surface area contributed by atoms with Crippen molar-refractivity contribution in [1.82, 2.24) is 10.2 Å². The summed E-state index contributed by atoms with van der Waals surface area (Å²) in [7, 11) is 0. The maximum absolute atomic E-state index is 11.9. The number of ether oxygens (including phenoxy) is 1. The maximum atomic E-state index is 11.9. The van der Waals surface area contributed by atoms with E-state index in [0.29, 0.717) is 11.6 Å². The Hall–Kier alpha value is -1.30. The number of nitrogens with zero attached hydrogens (tertiary/aromatic N) is 1. The molecule has 1 fully saturated rings. The van der Waals surface area contributed by atoms with Crippen molar-refractivity contribution in [2.45, 2.75) is 6.42 Å². The molecule has 1 heterocycles. The van der Waals surface area contributed by atoms with Gasteiger partial charge in [0.2, 0.25) is 0 Å². The number of morpholine rings is 1. The largest absolute Gasteiger partial charge is 0.507 e. The number of hydrogen-bond donors (Lipinski definition) is 2. The molecule has 0 radical (unpaired) electrons. The Morgan fingerprint density at radius 3 is 2.90 bits per heavy atom. The minimum absolute atomic E-state index is 0.0555. The number of benzene rings is 1. The average Bonchev–Trinajstić information content (AvgIpc) is 2.47. The van der Waals surface area contributed by atoms with Gasteiger partial charge in [-0.1, -0.05) is 11.6 Å². The standard InChI is InChI=1S/C14H19ClN2O3/c15-11-2-3-13(18)12(10-11)14(19)16-4-1-5-17-6-8-20-9-7-17/h2-3,10,18H,1,4-9H2,(H,16,19). The van der Waals surface area contributed by atoms with Crippen LogP contribution in [0.5, 0.6) is 5.75 Å². The summed E-state index contributed by atoms with van der Waals surface area (Å²) in [6.45, 7) is 4.96. The molecule has 2 N–H and O–H groups in total. The molecule has 0 saturated carbocycles. The van der Waals surface area contributed by atoms with Gasteiger partial charge in [0.15, 0.2) is 0 Å². The third-order valence-electron chi connectivity index (χ3n) is 3.24. The predicted octanol–water partition coefficient (Wildman–Crippen LogP) is 1.50. The van der Waals surface area contributed by atoms with Crippen molar-refractivity contribution in [3.05, 3.63) is 28.8 Å². The summed E-state index contributed by atoms with van der Waals surface area (Å²) in [5, 5.41) is 12.8. The number of amides is 1. The fourth-order valence-electron chi connectivity index (χ4n) is 2.11. The number of phenolic OH excluding ortho intramolecular Hbond substituents is 1. The molecule has 1 aromatic rings. The summed E-state index contributed by atoms with van der Waals surface area (Å²) in [6.07, 6.45) is 0.868. The Morgan fingerprint density at radius 2 is 2.15 bits per heavy atom. The van der Waals surface area contributed by atoms with Crippen LogP contribution >= 0.6 is 11.6 Å². The Bertz CT molecular complexity index is 462. The first-order chi connectivity index (χ1) is 9.66. The third-order valence-corrected chi connectivity index (χ3v) is 3.48. The van der Waals surface area contributed by atoms with Crippen LogP contribution in [0.25, 0.3) is 0 Å². The van der Waals surface area contributed by atoms with Gasteiger partial charge < -0.3 is 15.2 Å². The topological polar surface area (TPSA) is 61.8 Å². The number of nitrogens with one attached hydrogen (secondary N) is 1. The zero-order valence-electron chi connectivity index (χ0n) is 11.3. The van der Waals surface area contributed by atoms with Gasteiger partial charge in [0.1, 0.15) is 5.75 Å². The number of phenols is 1. The van der Waals surface area contributed by atoms with Crippen LogP contribution in [0.1, 0.15) is 16.8 Å². The van der Waals surface area contributed by atoms with Gasteiger partial charge in [-0.15, -0.1) is 0 Å². The summed E-state index contributed by atoms with van der Waals surface area (Å²) in [4.78, 5) is 14.2. The molecule has 0 aliphatic carbocycles. The lowest BCUT2D eigenvalue weighted by molar-refractivity contribution is 0.0374. The highest BCUT2D eigenvalue weighted by Crippen LogP contribution is 2.21. The zero-order chi connectivity index (χ0) is 14.4. The average molecular weight is 299 g/mol. The summed E-state index contributed by atoms with van der Waals surface area (Å²) in [5.74, 6) is -0.355. The van der Waals surface area contributed by atoms with E-state index in [2.05, 4.69) is 10.2 Å². The van der Waals surface area contributed by atoms with Crippen LogP contribution in [0.3, 0.4) is 0 Å². The molecular formula is C14H19ClN2O3. The molecule has 1 aliphatic heterocycles. The van der Waals surface area contributed by atoms with Gasteiger partial charge in [-0.05, 0) is 31.2 Å². The van der Waals surface area contributed by atoms with Crippen molar-refractivity contribution in [3.8, 4) is 5.75 Å². The van der Waals surface area contributed by atoms with Crippen LogP contribution in [0.2, 0.25) is 5.02 Å². The molecule has 0 unspecified atom stereocenters. The van der Waals surface area contributed by atoms with Crippen LogP contribution in [0.4, 0.5) is 0 Å². The molecule has 0 spiro atoms. The second-order valence-electron chi connectivity index (χ2n) is 4.72. The van der Waals surface area contributed by atoms with E-state index in [9.17, 15) is 9.90 Å². The van der Waals surface area contributed by atoms with Crippen molar-refractivity contribution < 1.29 is 14.6 Å². The summed E-state index contributed by atoms with van der Waals surface area (Å²) >= 11 is 5.81. The van der Waals surface area contributed by atoms with Gasteiger partial charge in [0, 0.05) is 24.7 Å². The van der Waals surface area contributed by atoms with E-state index in [4.69, 9.17) is 16.3 Å². The third kappa shape index (κ3) is 4.37. The molecule has 1 amide bonds. The Balaban J connectivity index is 1.73. The first-order valence-corrected chi connectivity index (χ1v) is 7.11. The molecule has 1 aliphatic rings. The molecule has 2 rings (SSSR count). The van der Waals surface area contributed by atoms with Gasteiger partial charge in [-0.25, -0.2) is 0 Å². The van der Waals surface area contributed by atoms with Gasteiger partial charge in [0.05, 0.1) is 18.8 Å². The first kappa shape index (κ1) is 15.1. The Morgan fingerprint density at radius 1 is 1.40 bits per heavy atom. The molecule has 6 heteroatoms. The first-order valence-electron chi connectivity index (χ1n) is 6.73. The van der Waals surface area contributed by atoms with Crippen molar-refractivity contribution in [1.29, 1.82) is 0 Å². The van der Waals surface area contributed by atoms with Crippen molar-refractivity contribution >= 4 is 17.5 Å². The van der Waals surface area contributed by atoms with E-state index in [-0.39, 0.29) is 17.2 Å². The quantitative estimate of drug-likeness (QED) is 0.809. The van der Waals surface area contributed by atoms with Gasteiger partial charge >= 0.3 is 0 Å². The van der Waals surface area contributed by atoms with Gasteiger partial charge in [0.25, 0.3) is 5.91 Å². The molecule has 0 atom stereocenters. The second kappa shape index (κ2) is 7.47. The molecular weight excluding hydrogens is 280 g/mol. The predicted molar refractivity (Wildman–Crippen MR) is 77.3 cm³/mol. The van der Waals surface area contributed by atoms with E-state index in [1.165, 1.54) is 12.1 Å². The highest BCUT2D eigenvalue weighted by atomic mass is 35.5. The normalized spacial score (nSPS) is 16.1. The summed E-state index contributed by atoms with van der Waals surface area (Å²) < 4.78 is 5.27. The smallest absolute Gasteiger partial charge is 0.255 e. The number of halogens is 1. The molecule has 110 valence electrons. The van der Waals surface area contributed by atoms with Crippen LogP contribution in [0, 0.1) is 0 Å². The van der Waals surface area contributed by atoms with E-state index in [1.54, 1.807) is 6.07 Å². The van der Waals surface area contributed by atoms with Crippen LogP contribution in [-0.2, 0) is 4.74 Å². The molecule has 1 aromatic carbocycles. The summed E-state index contributed by atoms with van der Waals surface area (Å²) in [5.41, 5.74) is 0.212. The van der Waals surface area contributed by atoms with Crippen molar-refractivity contribution in [3.63, 3.8) is 0 Å². The molecule has 5 nitrogen and oxygen atoms in total. The van der Waals surface area contributed by atoms with E-state index in [1.807, 2.05) is 0 Å². The van der Waals surface area contributed by atoms with Crippen LogP contribution in [-0.4, -0.2) is 55.3 Å². The lowest BCUT2D eigenvalue weighted by Gasteiger charge is -2.26. The highest BCUT2D eigenvalue weighted by molar-refractivity contribution is 6.31. The number of carbonyl (C=O) groups excluding carboxylic acids is 1. The number of rotatable bonds is 5. The van der Waals surface area contributed by atoms with E-state index < -0.39 is 0 Å². The van der Waals surface area contributed by atoms with Gasteiger partial charge in [-0.3, -0.25) is 9.69 Å². The fraction of sp³-hybridized carbons (Fsp3) is 0.500. The lowest BCUT2D eigenvalue weighted by atomic mass is 10.2. The Labute approximate surface area is 123 Å². The molecule has 20 heavy (non-hydrogen) atoms. The zero-order valence-corrected chi connectivity index (χ0v) is 12.0. The van der Waals surface area contributed by atoms with Gasteiger partial charge in [-0.2, -0.15) is 0 Å². The van der Waals surface area contributed by atoms with Crippen molar-refractivity contribution in [2.24, 2.45) is 0 Å². The minimum atomic E-state index is -0.299. The molecule has 1 saturated heterocycles. The number of carbonyl (C=O) groups is 1. The summed E-state index contributed by atoms with van der Waals surface area (Å²) in [6, 6.07) is 4.44. The van der Waals surface area contributed by atoms with Crippen LogP contribution < -0.4 is 5.32 Å². The molecule has 0 bridgehead atoms. The fourth-order valence-corrected chi connectivity index (χ4v) is 2.29. The number of hydrogen-bond acceptors (Lipinski definition) is 4. The van der Waals surface area contributed by atoms with E-state index >= 15 is 0 Å². The SMILES string of the molecule is O=C(NCCCN1CCOCC1)c1cc(Cl)ccc1O. The number of aromatic hydroxyl groups is 1. The Kier molecular flexibility index (Phi) is 5.64. The minimum Gasteiger partial charge on any atom is -0.507 e. The molecule has 0 aromatic heterocycles. The monoisotopic (exact) mass is 298 g/mol. The van der Waals surface area contributed by atoms with Crippen molar-refractivity contribution in [2.75, 3.05) is 39.4 Å². The second-order valence-corrected chi connectivity index (χ2v) is 5.16. The highest BCUT2D eigenvalue weighted by Gasteiger charge is 2.12. The lowest BCUT2D eigenvalue weighted by Crippen LogP contribution is -2.38. The van der Waals surface area contributed by atoms with E-state index in [0.717, 1.165) is 39.3 Å². The van der Waals surface area contributed by atoms with Crippen LogP contribution in [0.15, 0.2) is 18.2 Å².